The second kappa shape index (κ2) is 12.2. The largest absolute Gasteiger partial charge is 0.489 e. The summed E-state index contributed by atoms with van der Waals surface area (Å²) in [6.07, 6.45) is 1.65. The van der Waals surface area contributed by atoms with Gasteiger partial charge in [0, 0.05) is 33.6 Å². The van der Waals surface area contributed by atoms with Gasteiger partial charge >= 0.3 is 5.97 Å². The fourth-order valence-corrected chi connectivity index (χ4v) is 5.89. The number of ether oxygens (including phenoxy) is 2. The molecule has 2 aromatic rings. The number of likely N-dealkylation sites (N-methyl/N-ethyl adjacent to an activating group) is 1. The molecular weight excluding hydrogens is 546 g/mol. The summed E-state index contributed by atoms with van der Waals surface area (Å²) < 4.78 is 13.8. The summed E-state index contributed by atoms with van der Waals surface area (Å²) in [7, 11) is 3.91. The highest BCUT2D eigenvalue weighted by atomic mass is 79.9. The average molecular weight is 582 g/mol. The average Bonchev–Trinajstić information content (AvgIpc) is 3.45. The summed E-state index contributed by atoms with van der Waals surface area (Å²) in [5.74, 6) is 0.727. The van der Waals surface area contributed by atoms with Gasteiger partial charge in [-0.15, -0.1) is 0 Å². The van der Waals surface area contributed by atoms with E-state index in [4.69, 9.17) is 21.1 Å². The van der Waals surface area contributed by atoms with Gasteiger partial charge in [-0.05, 0) is 61.8 Å². The number of likely N-dealkylation sites (tertiary alicyclic amines) is 1. The molecule has 7 nitrogen and oxygen atoms in total. The molecule has 0 bridgehead atoms. The summed E-state index contributed by atoms with van der Waals surface area (Å²) in [6, 6.07) is 11.4. The van der Waals surface area contributed by atoms with Crippen molar-refractivity contribution in [3.8, 4) is 5.75 Å². The van der Waals surface area contributed by atoms with Gasteiger partial charge in [-0.25, -0.2) is 4.79 Å². The van der Waals surface area contributed by atoms with E-state index in [2.05, 4.69) is 32.6 Å². The van der Waals surface area contributed by atoms with Crippen LogP contribution < -0.4 is 15.4 Å². The lowest BCUT2D eigenvalue weighted by molar-refractivity contribution is -0.895. The van der Waals surface area contributed by atoms with E-state index in [1.807, 2.05) is 44.4 Å². The topological polar surface area (TPSA) is 79.8 Å². The van der Waals surface area contributed by atoms with Crippen LogP contribution in [0.25, 0.3) is 0 Å². The second-order valence-electron chi connectivity index (χ2n) is 10.4. The molecule has 0 aliphatic carbocycles. The number of nitrogens with one attached hydrogen (secondary N) is 2. The molecule has 9 heteroatoms. The molecule has 0 radical (unpaired) electrons. The lowest BCUT2D eigenvalue weighted by Gasteiger charge is -2.28. The summed E-state index contributed by atoms with van der Waals surface area (Å²) in [4.78, 5) is 11.6. The number of hydrogen-bond donors (Lipinski definition) is 3. The first-order chi connectivity index (χ1) is 17.2. The minimum Gasteiger partial charge on any atom is -0.489 e. The van der Waals surface area contributed by atoms with Crippen molar-refractivity contribution >= 4 is 33.5 Å². The van der Waals surface area contributed by atoms with Crippen molar-refractivity contribution in [3.63, 3.8) is 0 Å². The van der Waals surface area contributed by atoms with Gasteiger partial charge in [0.15, 0.2) is 6.04 Å². The van der Waals surface area contributed by atoms with Crippen LogP contribution in [0, 0.1) is 5.92 Å². The molecule has 3 unspecified atom stereocenters. The number of aliphatic carboxylic acids is 1. The van der Waals surface area contributed by atoms with E-state index in [0.29, 0.717) is 48.1 Å². The number of carboxylic acids is 1. The Hall–Kier alpha value is -1.68. The Morgan fingerprint density at radius 2 is 2.06 bits per heavy atom. The van der Waals surface area contributed by atoms with Crippen LogP contribution >= 0.6 is 27.5 Å². The van der Waals surface area contributed by atoms with E-state index in [9.17, 15) is 9.90 Å². The summed E-state index contributed by atoms with van der Waals surface area (Å²) >= 11 is 9.64. The molecule has 36 heavy (non-hydrogen) atoms. The maximum absolute atomic E-state index is 11.6. The van der Waals surface area contributed by atoms with Gasteiger partial charge in [-0.2, -0.15) is 0 Å². The lowest BCUT2D eigenvalue weighted by atomic mass is 10.1. The number of carbonyl (C=O) groups is 1. The van der Waals surface area contributed by atoms with Crippen LogP contribution in [0.3, 0.4) is 0 Å². The summed E-state index contributed by atoms with van der Waals surface area (Å²) in [5.41, 5.74) is 3.16. The van der Waals surface area contributed by atoms with Crippen LogP contribution in [0.5, 0.6) is 5.75 Å². The standard InChI is InChI=1S/C27H35BrClN3O4/c1-32(2)15-23(11-25(32)27(33)34)35-16-18-3-6-26(36-17-20-4-5-22(29)10-24(20)28)21(9-18)14-31-13-19-7-8-30-12-19/h3-6,9-10,19,23,25,30-31H,7-8,11-17H2,1-2H3/p+1. The third-order valence-electron chi connectivity index (χ3n) is 7.21. The normalized spacial score (nSPS) is 23.2. The monoisotopic (exact) mass is 580 g/mol. The minimum atomic E-state index is -0.759. The number of carboxylic acid groups (broad SMARTS) is 1. The lowest BCUT2D eigenvalue weighted by Crippen LogP contribution is -2.48. The zero-order chi connectivity index (χ0) is 25.7. The van der Waals surface area contributed by atoms with Crippen LogP contribution in [0.2, 0.25) is 5.02 Å². The highest BCUT2D eigenvalue weighted by molar-refractivity contribution is 9.10. The predicted octanol–water partition coefficient (Wildman–Crippen LogP) is 4.20. The second-order valence-corrected chi connectivity index (χ2v) is 11.7. The van der Waals surface area contributed by atoms with Crippen LogP contribution in [0.4, 0.5) is 0 Å². The van der Waals surface area contributed by atoms with Gasteiger partial charge < -0.3 is 29.7 Å². The molecule has 3 atom stereocenters. The molecule has 2 aliphatic heterocycles. The van der Waals surface area contributed by atoms with Gasteiger partial charge in [-0.3, -0.25) is 0 Å². The molecule has 4 rings (SSSR count). The van der Waals surface area contributed by atoms with Crippen molar-refractivity contribution in [3.05, 3.63) is 62.6 Å². The molecule has 2 fully saturated rings. The van der Waals surface area contributed by atoms with Crippen LogP contribution in [0.1, 0.15) is 29.5 Å². The first-order valence-electron chi connectivity index (χ1n) is 12.5. The zero-order valence-electron chi connectivity index (χ0n) is 20.9. The Balaban J connectivity index is 1.41. The highest BCUT2D eigenvalue weighted by Crippen LogP contribution is 2.28. The van der Waals surface area contributed by atoms with Crippen molar-refractivity contribution in [1.29, 1.82) is 0 Å². The Morgan fingerprint density at radius 3 is 2.75 bits per heavy atom. The molecule has 2 aliphatic rings. The van der Waals surface area contributed by atoms with Crippen molar-refractivity contribution in [1.82, 2.24) is 10.6 Å². The van der Waals surface area contributed by atoms with E-state index < -0.39 is 12.0 Å². The molecule has 2 heterocycles. The molecule has 196 valence electrons. The third-order valence-corrected chi connectivity index (χ3v) is 8.18. The summed E-state index contributed by atoms with van der Waals surface area (Å²) in [5, 5.41) is 17.2. The Kier molecular flexibility index (Phi) is 9.30. The first kappa shape index (κ1) is 27.4. The molecule has 0 spiro atoms. The maximum Gasteiger partial charge on any atom is 0.362 e. The Bertz CT molecular complexity index is 1060. The van der Waals surface area contributed by atoms with Gasteiger partial charge in [0.2, 0.25) is 0 Å². The highest BCUT2D eigenvalue weighted by Gasteiger charge is 2.45. The molecule has 0 saturated carbocycles. The van der Waals surface area contributed by atoms with Gasteiger partial charge in [0.25, 0.3) is 0 Å². The van der Waals surface area contributed by atoms with Crippen molar-refractivity contribution in [2.24, 2.45) is 5.92 Å². The van der Waals surface area contributed by atoms with Crippen LogP contribution in [-0.4, -0.2) is 68.0 Å². The van der Waals surface area contributed by atoms with E-state index in [1.54, 1.807) is 0 Å². The molecule has 3 N–H and O–H groups in total. The molecule has 2 aromatic carbocycles. The number of rotatable bonds is 11. The number of benzene rings is 2. The molecule has 2 saturated heterocycles. The number of halogens is 2. The van der Waals surface area contributed by atoms with E-state index in [1.165, 1.54) is 6.42 Å². The van der Waals surface area contributed by atoms with E-state index in [0.717, 1.165) is 46.5 Å². The van der Waals surface area contributed by atoms with E-state index >= 15 is 0 Å². The van der Waals surface area contributed by atoms with Crippen LogP contribution in [-0.2, 0) is 29.3 Å². The van der Waals surface area contributed by atoms with Gasteiger partial charge in [0.05, 0.1) is 20.7 Å². The van der Waals surface area contributed by atoms with Crippen molar-refractivity contribution < 1.29 is 23.9 Å². The Labute approximate surface area is 226 Å². The summed E-state index contributed by atoms with van der Waals surface area (Å²) in [6.45, 7) is 5.37. The fraction of sp³-hybridized carbons (Fsp3) is 0.519. The Morgan fingerprint density at radius 1 is 1.22 bits per heavy atom. The number of quaternary nitrogens is 1. The van der Waals surface area contributed by atoms with Gasteiger partial charge in [0.1, 0.15) is 25.0 Å². The van der Waals surface area contributed by atoms with E-state index in [-0.39, 0.29) is 6.10 Å². The maximum atomic E-state index is 11.6. The van der Waals surface area contributed by atoms with Crippen LogP contribution in [0.15, 0.2) is 40.9 Å². The predicted molar refractivity (Wildman–Crippen MR) is 144 cm³/mol. The first-order valence-corrected chi connectivity index (χ1v) is 13.7. The van der Waals surface area contributed by atoms with Crippen molar-refractivity contribution in [2.75, 3.05) is 40.3 Å². The fourth-order valence-electron chi connectivity index (χ4n) is 5.09. The molecule has 0 aromatic heterocycles. The van der Waals surface area contributed by atoms with Gasteiger partial charge in [-0.1, -0.05) is 39.7 Å². The number of hydrogen-bond acceptors (Lipinski definition) is 5. The SMILES string of the molecule is C[N+]1(C)CC(OCc2ccc(OCc3ccc(Cl)cc3Br)c(CNCC3CCNC3)c2)CC1C(=O)O. The zero-order valence-corrected chi connectivity index (χ0v) is 23.3. The molecular formula is C27H36BrClN3O4+. The molecule has 0 amide bonds. The number of nitrogens with zero attached hydrogens (tertiary/aromatic N) is 1. The smallest absolute Gasteiger partial charge is 0.362 e. The third kappa shape index (κ3) is 7.21. The van der Waals surface area contributed by atoms with Crippen molar-refractivity contribution in [2.45, 2.75) is 44.7 Å². The quantitative estimate of drug-likeness (QED) is 0.345. The minimum absolute atomic E-state index is 0.0734.